The Kier molecular flexibility index (Phi) is 3.80. The van der Waals surface area contributed by atoms with Crippen molar-refractivity contribution < 1.29 is 14.6 Å². The van der Waals surface area contributed by atoms with Crippen molar-refractivity contribution in [2.45, 2.75) is 18.9 Å². The zero-order valence-corrected chi connectivity index (χ0v) is 9.56. The smallest absolute Gasteiger partial charge is 0.118 e. The van der Waals surface area contributed by atoms with E-state index in [2.05, 4.69) is 0 Å². The van der Waals surface area contributed by atoms with Gasteiger partial charge in [0.15, 0.2) is 0 Å². The zero-order chi connectivity index (χ0) is 11.4. The summed E-state index contributed by atoms with van der Waals surface area (Å²) in [4.78, 5) is 0. The third-order valence-electron chi connectivity index (χ3n) is 3.12. The van der Waals surface area contributed by atoms with E-state index in [1.165, 1.54) is 0 Å². The maximum Gasteiger partial charge on any atom is 0.118 e. The van der Waals surface area contributed by atoms with E-state index < -0.39 is 0 Å². The Morgan fingerprint density at radius 3 is 2.75 bits per heavy atom. The molecule has 3 heteroatoms. The van der Waals surface area contributed by atoms with Crippen LogP contribution < -0.4 is 4.74 Å². The number of aliphatic hydroxyl groups excluding tert-OH is 1. The number of benzene rings is 1. The highest BCUT2D eigenvalue weighted by Crippen LogP contribution is 2.33. The van der Waals surface area contributed by atoms with Crippen LogP contribution in [0.2, 0.25) is 0 Å². The average Bonchev–Trinajstić information content (AvgIpc) is 2.39. The van der Waals surface area contributed by atoms with Crippen LogP contribution in [0.3, 0.4) is 0 Å². The average molecular weight is 222 g/mol. The molecule has 1 aliphatic heterocycles. The Morgan fingerprint density at radius 2 is 2.12 bits per heavy atom. The molecule has 0 radical (unpaired) electrons. The van der Waals surface area contributed by atoms with Crippen LogP contribution in [-0.2, 0) is 4.74 Å². The van der Waals surface area contributed by atoms with Crippen molar-refractivity contribution in [1.82, 2.24) is 0 Å². The van der Waals surface area contributed by atoms with E-state index in [4.69, 9.17) is 9.47 Å². The molecule has 0 saturated carbocycles. The molecule has 0 aromatic heterocycles. The lowest BCUT2D eigenvalue weighted by Crippen LogP contribution is -2.25. The molecule has 1 aromatic carbocycles. The molecule has 88 valence electrons. The molecule has 0 amide bonds. The predicted octanol–water partition coefficient (Wildman–Crippen LogP) is 2.16. The first-order chi connectivity index (χ1) is 7.85. The van der Waals surface area contributed by atoms with Crippen molar-refractivity contribution in [2.24, 2.45) is 5.92 Å². The first-order valence-electron chi connectivity index (χ1n) is 5.71. The molecule has 0 aliphatic carbocycles. The van der Waals surface area contributed by atoms with Crippen molar-refractivity contribution in [3.8, 4) is 5.75 Å². The van der Waals surface area contributed by atoms with Crippen molar-refractivity contribution in [2.75, 3.05) is 20.3 Å². The van der Waals surface area contributed by atoms with Crippen LogP contribution in [0.1, 0.15) is 24.5 Å². The van der Waals surface area contributed by atoms with Gasteiger partial charge in [0.2, 0.25) is 0 Å². The monoisotopic (exact) mass is 222 g/mol. The first kappa shape index (κ1) is 11.4. The number of methoxy groups -OCH3 is 1. The first-order valence-corrected chi connectivity index (χ1v) is 5.71. The van der Waals surface area contributed by atoms with Crippen LogP contribution in [0.4, 0.5) is 0 Å². The number of aliphatic hydroxyl groups is 1. The minimum atomic E-state index is 0.0321. The lowest BCUT2D eigenvalue weighted by Gasteiger charge is -2.30. The molecular formula is C13H18O3. The van der Waals surface area contributed by atoms with Gasteiger partial charge in [-0.1, -0.05) is 12.1 Å². The van der Waals surface area contributed by atoms with Crippen LogP contribution >= 0.6 is 0 Å². The largest absolute Gasteiger partial charge is 0.497 e. The fourth-order valence-corrected chi connectivity index (χ4v) is 2.19. The van der Waals surface area contributed by atoms with E-state index in [0.29, 0.717) is 0 Å². The summed E-state index contributed by atoms with van der Waals surface area (Å²) >= 11 is 0. The van der Waals surface area contributed by atoms with Crippen LogP contribution in [-0.4, -0.2) is 25.4 Å². The maximum atomic E-state index is 9.32. The Bertz CT molecular complexity index is 320. The summed E-state index contributed by atoms with van der Waals surface area (Å²) in [6, 6.07) is 7.89. The van der Waals surface area contributed by atoms with Gasteiger partial charge in [-0.05, 0) is 30.5 Å². The molecule has 1 heterocycles. The number of rotatable bonds is 3. The van der Waals surface area contributed by atoms with E-state index in [1.807, 2.05) is 24.3 Å². The lowest BCUT2D eigenvalue weighted by molar-refractivity contribution is -0.0457. The summed E-state index contributed by atoms with van der Waals surface area (Å²) in [5.74, 6) is 1.07. The maximum absolute atomic E-state index is 9.32. The second-order valence-corrected chi connectivity index (χ2v) is 4.15. The summed E-state index contributed by atoms with van der Waals surface area (Å²) in [7, 11) is 1.66. The molecule has 1 saturated heterocycles. The number of hydrogen-bond acceptors (Lipinski definition) is 3. The fourth-order valence-electron chi connectivity index (χ4n) is 2.19. The number of ether oxygens (including phenoxy) is 2. The minimum absolute atomic E-state index is 0.0321. The molecule has 2 unspecified atom stereocenters. The molecule has 0 spiro atoms. The third kappa shape index (κ3) is 2.36. The van der Waals surface area contributed by atoms with Gasteiger partial charge in [-0.25, -0.2) is 0 Å². The SMILES string of the molecule is COc1ccc(C2OCCCC2CO)cc1. The standard InChI is InChI=1S/C13H18O3/c1-15-12-6-4-10(5-7-12)13-11(9-14)3-2-8-16-13/h4-7,11,13-14H,2-3,8-9H2,1H3. The molecule has 16 heavy (non-hydrogen) atoms. The van der Waals surface area contributed by atoms with Crippen LogP contribution in [0.15, 0.2) is 24.3 Å². The minimum Gasteiger partial charge on any atom is -0.497 e. The van der Waals surface area contributed by atoms with Gasteiger partial charge in [0.25, 0.3) is 0 Å². The quantitative estimate of drug-likeness (QED) is 0.851. The van der Waals surface area contributed by atoms with E-state index in [9.17, 15) is 5.11 Å². The van der Waals surface area contributed by atoms with Gasteiger partial charge in [-0.3, -0.25) is 0 Å². The third-order valence-corrected chi connectivity index (χ3v) is 3.12. The van der Waals surface area contributed by atoms with Gasteiger partial charge in [-0.2, -0.15) is 0 Å². The second-order valence-electron chi connectivity index (χ2n) is 4.15. The summed E-state index contributed by atoms with van der Waals surface area (Å²) in [5, 5.41) is 9.32. The van der Waals surface area contributed by atoms with E-state index in [-0.39, 0.29) is 18.6 Å². The van der Waals surface area contributed by atoms with Gasteiger partial charge in [0.05, 0.1) is 13.2 Å². The van der Waals surface area contributed by atoms with Gasteiger partial charge >= 0.3 is 0 Å². The molecule has 2 rings (SSSR count). The fraction of sp³-hybridized carbons (Fsp3) is 0.538. The Labute approximate surface area is 96.0 Å². The lowest BCUT2D eigenvalue weighted by atomic mass is 9.90. The Balaban J connectivity index is 2.14. The topological polar surface area (TPSA) is 38.7 Å². The molecule has 2 atom stereocenters. The van der Waals surface area contributed by atoms with Crippen LogP contribution in [0.5, 0.6) is 5.75 Å². The van der Waals surface area contributed by atoms with Gasteiger partial charge in [0.1, 0.15) is 5.75 Å². The molecule has 3 nitrogen and oxygen atoms in total. The van der Waals surface area contributed by atoms with Crippen molar-refractivity contribution in [1.29, 1.82) is 0 Å². The van der Waals surface area contributed by atoms with Gasteiger partial charge in [0, 0.05) is 19.1 Å². The predicted molar refractivity (Wildman–Crippen MR) is 61.5 cm³/mol. The molecule has 1 aromatic rings. The number of hydrogen-bond donors (Lipinski definition) is 1. The summed E-state index contributed by atoms with van der Waals surface area (Å²) in [6.07, 6.45) is 2.11. The highest BCUT2D eigenvalue weighted by molar-refractivity contribution is 5.29. The van der Waals surface area contributed by atoms with E-state index in [1.54, 1.807) is 7.11 Å². The normalized spacial score (nSPS) is 25.4. The summed E-state index contributed by atoms with van der Waals surface area (Å²) in [5.41, 5.74) is 1.12. The molecule has 1 N–H and O–H groups in total. The Morgan fingerprint density at radius 1 is 1.38 bits per heavy atom. The summed E-state index contributed by atoms with van der Waals surface area (Å²) in [6.45, 7) is 0.976. The highest BCUT2D eigenvalue weighted by atomic mass is 16.5. The molecule has 0 bridgehead atoms. The van der Waals surface area contributed by atoms with Crippen LogP contribution in [0.25, 0.3) is 0 Å². The highest BCUT2D eigenvalue weighted by Gasteiger charge is 2.26. The molecular weight excluding hydrogens is 204 g/mol. The molecule has 1 fully saturated rings. The zero-order valence-electron chi connectivity index (χ0n) is 9.56. The molecule has 1 aliphatic rings. The second kappa shape index (κ2) is 5.32. The van der Waals surface area contributed by atoms with Crippen molar-refractivity contribution in [3.63, 3.8) is 0 Å². The summed E-state index contributed by atoms with van der Waals surface area (Å²) < 4.78 is 10.9. The Hall–Kier alpha value is -1.06. The van der Waals surface area contributed by atoms with E-state index in [0.717, 1.165) is 30.8 Å². The van der Waals surface area contributed by atoms with Crippen molar-refractivity contribution in [3.05, 3.63) is 29.8 Å². The van der Waals surface area contributed by atoms with Crippen molar-refractivity contribution >= 4 is 0 Å². The van der Waals surface area contributed by atoms with Gasteiger partial charge in [-0.15, -0.1) is 0 Å². The van der Waals surface area contributed by atoms with Gasteiger partial charge < -0.3 is 14.6 Å². The van der Waals surface area contributed by atoms with Crippen LogP contribution in [0, 0.1) is 5.92 Å². The van der Waals surface area contributed by atoms with E-state index >= 15 is 0 Å².